The molecule has 0 radical (unpaired) electrons. The van der Waals surface area contributed by atoms with Gasteiger partial charge in [-0.1, -0.05) is 22.9 Å². The van der Waals surface area contributed by atoms with Crippen LogP contribution in [0.3, 0.4) is 0 Å². The molecule has 0 saturated carbocycles. The Morgan fingerprint density at radius 1 is 1.47 bits per heavy atom. The fourth-order valence-electron chi connectivity index (χ4n) is 1.51. The third-order valence-corrected chi connectivity index (χ3v) is 3.51. The molecule has 3 aromatic rings. The zero-order valence-corrected chi connectivity index (χ0v) is 9.34. The molecule has 0 aliphatic carbocycles. The van der Waals surface area contributed by atoms with Gasteiger partial charge in [-0.2, -0.15) is 0 Å². The average molecular weight is 240 g/mol. The van der Waals surface area contributed by atoms with Crippen molar-refractivity contribution < 1.29 is 4.74 Å². The van der Waals surface area contributed by atoms with Crippen LogP contribution in [0.4, 0.5) is 0 Å². The second-order valence-corrected chi connectivity index (χ2v) is 4.46. The minimum Gasteiger partial charge on any atom is -0.495 e. The van der Waals surface area contributed by atoms with Crippen LogP contribution in [0, 0.1) is 0 Å². The van der Waals surface area contributed by atoms with Crippen molar-refractivity contribution in [1.29, 1.82) is 0 Å². The molecule has 76 valence electrons. The quantitative estimate of drug-likeness (QED) is 0.655. The Bertz CT molecular complexity index is 645. The normalized spacial score (nSPS) is 11.3. The van der Waals surface area contributed by atoms with Crippen LogP contribution in [-0.2, 0) is 0 Å². The first kappa shape index (κ1) is 8.94. The van der Waals surface area contributed by atoms with Gasteiger partial charge >= 0.3 is 0 Å². The number of aromatic nitrogens is 3. The van der Waals surface area contributed by atoms with E-state index in [-0.39, 0.29) is 0 Å². The predicted octanol–water partition coefficient (Wildman–Crippen LogP) is 2.61. The van der Waals surface area contributed by atoms with Gasteiger partial charge in [0.25, 0.3) is 0 Å². The van der Waals surface area contributed by atoms with Crippen LogP contribution in [0.1, 0.15) is 0 Å². The van der Waals surface area contributed by atoms with Crippen LogP contribution in [-0.4, -0.2) is 21.7 Å². The molecule has 0 fully saturated rings. The zero-order valence-electron chi connectivity index (χ0n) is 7.77. The van der Waals surface area contributed by atoms with Gasteiger partial charge in [-0.15, -0.1) is 10.2 Å². The fourth-order valence-corrected chi connectivity index (χ4v) is 2.70. The summed E-state index contributed by atoms with van der Waals surface area (Å²) in [4.78, 5) is 0.856. The van der Waals surface area contributed by atoms with Gasteiger partial charge in [0.1, 0.15) is 12.1 Å². The fraction of sp³-hybridized carbons (Fsp3) is 0.111. The topological polar surface area (TPSA) is 39.4 Å². The van der Waals surface area contributed by atoms with Crippen molar-refractivity contribution in [2.45, 2.75) is 0 Å². The van der Waals surface area contributed by atoms with Gasteiger partial charge in [-0.05, 0) is 6.07 Å². The van der Waals surface area contributed by atoms with Crippen molar-refractivity contribution >= 4 is 38.1 Å². The van der Waals surface area contributed by atoms with Gasteiger partial charge < -0.3 is 4.74 Å². The maximum atomic E-state index is 6.05. The third-order valence-electron chi connectivity index (χ3n) is 2.21. The van der Waals surface area contributed by atoms with E-state index in [1.54, 1.807) is 24.8 Å². The molecular weight excluding hydrogens is 234 g/mol. The van der Waals surface area contributed by atoms with Crippen molar-refractivity contribution in [2.24, 2.45) is 0 Å². The van der Waals surface area contributed by atoms with Crippen molar-refractivity contribution in [3.8, 4) is 5.75 Å². The summed E-state index contributed by atoms with van der Waals surface area (Å²) in [7, 11) is 1.60. The molecule has 2 aromatic heterocycles. The Balaban J connectivity index is 2.46. The first-order valence-corrected chi connectivity index (χ1v) is 5.45. The Morgan fingerprint density at radius 2 is 2.33 bits per heavy atom. The predicted molar refractivity (Wildman–Crippen MR) is 59.9 cm³/mol. The number of ether oxygens (including phenoxy) is 1. The van der Waals surface area contributed by atoms with E-state index in [0.29, 0.717) is 10.8 Å². The van der Waals surface area contributed by atoms with Crippen molar-refractivity contribution in [3.63, 3.8) is 0 Å². The third kappa shape index (κ3) is 1.20. The van der Waals surface area contributed by atoms with E-state index in [4.69, 9.17) is 16.3 Å². The maximum absolute atomic E-state index is 6.05. The summed E-state index contributed by atoms with van der Waals surface area (Å²) in [6.45, 7) is 0. The van der Waals surface area contributed by atoms with Gasteiger partial charge in [0, 0.05) is 6.07 Å². The molecule has 1 aromatic carbocycles. The Labute approximate surface area is 94.1 Å². The Morgan fingerprint density at radius 3 is 3.13 bits per heavy atom. The van der Waals surface area contributed by atoms with Crippen LogP contribution in [0.5, 0.6) is 5.75 Å². The lowest BCUT2D eigenvalue weighted by atomic mass is 10.3. The van der Waals surface area contributed by atoms with E-state index in [1.165, 1.54) is 0 Å². The van der Waals surface area contributed by atoms with E-state index < -0.39 is 0 Å². The van der Waals surface area contributed by atoms with Crippen LogP contribution in [0.2, 0.25) is 5.02 Å². The largest absolute Gasteiger partial charge is 0.495 e. The van der Waals surface area contributed by atoms with E-state index in [1.807, 2.05) is 16.5 Å². The lowest BCUT2D eigenvalue weighted by Crippen LogP contribution is -1.84. The number of thiazole rings is 1. The van der Waals surface area contributed by atoms with Crippen LogP contribution in [0.25, 0.3) is 15.2 Å². The number of fused-ring (bicyclic) bond motifs is 3. The molecule has 0 amide bonds. The molecular formula is C9H6ClN3OS. The minimum absolute atomic E-state index is 0.596. The van der Waals surface area contributed by atoms with E-state index in [9.17, 15) is 0 Å². The summed E-state index contributed by atoms with van der Waals surface area (Å²) in [6, 6.07) is 3.78. The summed E-state index contributed by atoms with van der Waals surface area (Å²) in [5.74, 6) is 0.682. The zero-order chi connectivity index (χ0) is 10.4. The molecule has 4 nitrogen and oxygen atoms in total. The molecule has 0 spiro atoms. The van der Waals surface area contributed by atoms with E-state index in [0.717, 1.165) is 15.2 Å². The number of benzene rings is 1. The molecule has 15 heavy (non-hydrogen) atoms. The van der Waals surface area contributed by atoms with E-state index in [2.05, 4.69) is 10.2 Å². The molecule has 0 saturated heterocycles. The molecule has 2 heterocycles. The summed E-state index contributed by atoms with van der Waals surface area (Å²) in [5, 5.41) is 8.42. The lowest BCUT2D eigenvalue weighted by molar-refractivity contribution is 0.415. The standard InChI is InChI=1S/C9H6ClN3OS/c1-14-7-3-8-6(2-5(7)10)13-4-11-12-9(13)15-8/h2-4H,1H3. The second kappa shape index (κ2) is 3.08. The van der Waals surface area contributed by atoms with Crippen molar-refractivity contribution in [3.05, 3.63) is 23.5 Å². The van der Waals surface area contributed by atoms with Gasteiger partial charge in [0.15, 0.2) is 0 Å². The Kier molecular flexibility index (Phi) is 1.83. The number of rotatable bonds is 1. The highest BCUT2D eigenvalue weighted by molar-refractivity contribution is 7.23. The first-order valence-electron chi connectivity index (χ1n) is 4.25. The van der Waals surface area contributed by atoms with Crippen LogP contribution in [0.15, 0.2) is 18.5 Å². The molecule has 0 atom stereocenters. The number of hydrogen-bond acceptors (Lipinski definition) is 4. The van der Waals surface area contributed by atoms with Crippen molar-refractivity contribution in [1.82, 2.24) is 14.6 Å². The maximum Gasteiger partial charge on any atom is 0.217 e. The highest BCUT2D eigenvalue weighted by Gasteiger charge is 2.10. The lowest BCUT2D eigenvalue weighted by Gasteiger charge is -2.01. The van der Waals surface area contributed by atoms with Gasteiger partial charge in [-0.25, -0.2) is 0 Å². The number of halogens is 1. The summed E-state index contributed by atoms with van der Waals surface area (Å²) < 4.78 is 8.15. The van der Waals surface area contributed by atoms with Crippen LogP contribution < -0.4 is 4.74 Å². The van der Waals surface area contributed by atoms with Gasteiger partial charge in [-0.3, -0.25) is 4.40 Å². The molecule has 6 heteroatoms. The molecule has 0 N–H and O–H groups in total. The molecule has 0 bridgehead atoms. The number of nitrogens with zero attached hydrogens (tertiary/aromatic N) is 3. The summed E-state index contributed by atoms with van der Waals surface area (Å²) >= 11 is 7.61. The first-order chi connectivity index (χ1) is 7.29. The SMILES string of the molecule is COc1cc2sc3nncn3c2cc1Cl. The number of methoxy groups -OCH3 is 1. The monoisotopic (exact) mass is 239 g/mol. The summed E-state index contributed by atoms with van der Waals surface area (Å²) in [5.41, 5.74) is 1.01. The highest BCUT2D eigenvalue weighted by Crippen LogP contribution is 2.33. The second-order valence-electron chi connectivity index (χ2n) is 3.04. The van der Waals surface area contributed by atoms with E-state index >= 15 is 0 Å². The number of hydrogen-bond donors (Lipinski definition) is 0. The molecule has 0 aliphatic rings. The van der Waals surface area contributed by atoms with Gasteiger partial charge in [0.2, 0.25) is 4.96 Å². The van der Waals surface area contributed by atoms with Crippen molar-refractivity contribution in [2.75, 3.05) is 7.11 Å². The van der Waals surface area contributed by atoms with Gasteiger partial charge in [0.05, 0.1) is 22.3 Å². The summed E-state index contributed by atoms with van der Waals surface area (Å²) in [6.07, 6.45) is 1.68. The molecule has 0 unspecified atom stereocenters. The highest BCUT2D eigenvalue weighted by atomic mass is 35.5. The van der Waals surface area contributed by atoms with Crippen LogP contribution >= 0.6 is 22.9 Å². The molecule has 0 aliphatic heterocycles. The molecule has 3 rings (SSSR count). The Hall–Kier alpha value is -1.33. The average Bonchev–Trinajstić information content (AvgIpc) is 2.77. The minimum atomic E-state index is 0.596. The smallest absolute Gasteiger partial charge is 0.217 e.